The number of hydrogen-bond acceptors (Lipinski definition) is 2. The van der Waals surface area contributed by atoms with E-state index in [1.807, 2.05) is 6.92 Å². The Bertz CT molecular complexity index is 398. The van der Waals surface area contributed by atoms with Crippen LogP contribution >= 0.6 is 27.5 Å². The van der Waals surface area contributed by atoms with E-state index in [1.54, 1.807) is 30.1 Å². The Hall–Kier alpha value is -0.580. The zero-order chi connectivity index (χ0) is 12.3. The number of rotatable bonds is 3. The van der Waals surface area contributed by atoms with E-state index >= 15 is 0 Å². The van der Waals surface area contributed by atoms with Crippen LogP contribution in [-0.2, 0) is 0 Å². The third-order valence-electron chi connectivity index (χ3n) is 2.48. The lowest BCUT2D eigenvalue weighted by Crippen LogP contribution is -2.39. The van der Waals surface area contributed by atoms with Crippen molar-refractivity contribution in [3.63, 3.8) is 0 Å². The van der Waals surface area contributed by atoms with Gasteiger partial charge in [0.1, 0.15) is 0 Å². The number of carbonyl (C=O) groups excluding carboxylic acids is 1. The molecule has 0 bridgehead atoms. The van der Waals surface area contributed by atoms with Gasteiger partial charge in [0.2, 0.25) is 0 Å². The van der Waals surface area contributed by atoms with E-state index in [0.29, 0.717) is 17.1 Å². The van der Waals surface area contributed by atoms with Gasteiger partial charge in [-0.05, 0) is 25.1 Å². The molecule has 1 amide bonds. The lowest BCUT2D eigenvalue weighted by atomic mass is 10.2. The molecule has 0 radical (unpaired) electrons. The van der Waals surface area contributed by atoms with Crippen LogP contribution in [0, 0.1) is 0 Å². The van der Waals surface area contributed by atoms with Crippen molar-refractivity contribution in [2.75, 3.05) is 13.6 Å². The smallest absolute Gasteiger partial charge is 0.255 e. The van der Waals surface area contributed by atoms with Crippen LogP contribution in [0.1, 0.15) is 17.3 Å². The zero-order valence-electron chi connectivity index (χ0n) is 9.21. The Labute approximate surface area is 109 Å². The summed E-state index contributed by atoms with van der Waals surface area (Å²) in [5.41, 5.74) is 6.01. The van der Waals surface area contributed by atoms with Crippen molar-refractivity contribution >= 4 is 33.4 Å². The Balaban J connectivity index is 2.96. The minimum atomic E-state index is -0.115. The minimum absolute atomic E-state index is 0.00721. The Morgan fingerprint density at radius 3 is 2.75 bits per heavy atom. The van der Waals surface area contributed by atoms with E-state index in [0.717, 1.165) is 4.47 Å². The van der Waals surface area contributed by atoms with Crippen molar-refractivity contribution < 1.29 is 4.79 Å². The number of nitrogens with zero attached hydrogens (tertiary/aromatic N) is 1. The maximum absolute atomic E-state index is 12.0. The Morgan fingerprint density at radius 1 is 1.62 bits per heavy atom. The average molecular weight is 306 g/mol. The van der Waals surface area contributed by atoms with Crippen molar-refractivity contribution in [1.82, 2.24) is 4.90 Å². The Morgan fingerprint density at radius 2 is 2.25 bits per heavy atom. The highest BCUT2D eigenvalue weighted by Crippen LogP contribution is 2.22. The molecule has 0 aromatic heterocycles. The monoisotopic (exact) mass is 304 g/mol. The number of carbonyl (C=O) groups is 1. The molecule has 0 aliphatic rings. The van der Waals surface area contributed by atoms with E-state index < -0.39 is 0 Å². The minimum Gasteiger partial charge on any atom is -0.338 e. The summed E-state index contributed by atoms with van der Waals surface area (Å²) in [7, 11) is 1.72. The molecule has 1 unspecified atom stereocenters. The van der Waals surface area contributed by atoms with Gasteiger partial charge in [-0.2, -0.15) is 0 Å². The first-order valence-electron chi connectivity index (χ1n) is 4.89. The first-order chi connectivity index (χ1) is 7.47. The average Bonchev–Trinajstić information content (AvgIpc) is 2.26. The second kappa shape index (κ2) is 5.66. The van der Waals surface area contributed by atoms with Crippen LogP contribution in [0.25, 0.3) is 0 Å². The zero-order valence-corrected chi connectivity index (χ0v) is 11.5. The summed E-state index contributed by atoms with van der Waals surface area (Å²) in [4.78, 5) is 13.6. The van der Waals surface area contributed by atoms with Gasteiger partial charge in [0, 0.05) is 24.1 Å². The van der Waals surface area contributed by atoms with Gasteiger partial charge < -0.3 is 10.6 Å². The third kappa shape index (κ3) is 2.97. The van der Waals surface area contributed by atoms with E-state index in [9.17, 15) is 4.79 Å². The first kappa shape index (κ1) is 13.5. The first-order valence-corrected chi connectivity index (χ1v) is 6.06. The summed E-state index contributed by atoms with van der Waals surface area (Å²) >= 11 is 9.30. The summed E-state index contributed by atoms with van der Waals surface area (Å²) < 4.78 is 0.851. The fourth-order valence-electron chi connectivity index (χ4n) is 1.21. The van der Waals surface area contributed by atoms with Crippen LogP contribution < -0.4 is 5.73 Å². The summed E-state index contributed by atoms with van der Waals surface area (Å²) in [5, 5.41) is 0.440. The molecule has 1 aromatic rings. The second-order valence-corrected chi connectivity index (χ2v) is 4.95. The molecule has 2 N–H and O–H groups in total. The standard InChI is InChI=1S/C11H14BrClN2O/c1-7(6-14)15(2)11(16)9-4-3-8(12)5-10(9)13/h3-5,7H,6,14H2,1-2H3. The fraction of sp³-hybridized carbons (Fsp3) is 0.364. The molecule has 16 heavy (non-hydrogen) atoms. The SMILES string of the molecule is CC(CN)N(C)C(=O)c1ccc(Br)cc1Cl. The molecule has 0 saturated heterocycles. The number of benzene rings is 1. The summed E-state index contributed by atoms with van der Waals surface area (Å²) in [6, 6.07) is 5.19. The number of likely N-dealkylation sites (N-methyl/N-ethyl adjacent to an activating group) is 1. The highest BCUT2D eigenvalue weighted by Gasteiger charge is 2.18. The predicted molar refractivity (Wildman–Crippen MR) is 69.8 cm³/mol. The molecular formula is C11H14BrClN2O. The number of nitrogens with two attached hydrogens (primary N) is 1. The van der Waals surface area contributed by atoms with Crippen molar-refractivity contribution in [2.24, 2.45) is 5.73 Å². The largest absolute Gasteiger partial charge is 0.338 e. The highest BCUT2D eigenvalue weighted by molar-refractivity contribution is 9.10. The van der Waals surface area contributed by atoms with Crippen molar-refractivity contribution in [3.8, 4) is 0 Å². The van der Waals surface area contributed by atoms with Crippen molar-refractivity contribution in [2.45, 2.75) is 13.0 Å². The molecule has 0 spiro atoms. The van der Waals surface area contributed by atoms with Gasteiger partial charge in [-0.25, -0.2) is 0 Å². The predicted octanol–water partition coefficient (Wildman–Crippen LogP) is 2.52. The van der Waals surface area contributed by atoms with Crippen LogP contribution in [0.2, 0.25) is 5.02 Å². The van der Waals surface area contributed by atoms with E-state index in [4.69, 9.17) is 17.3 Å². The lowest BCUT2D eigenvalue weighted by molar-refractivity contribution is 0.0748. The van der Waals surface area contributed by atoms with Gasteiger partial charge in [0.25, 0.3) is 5.91 Å². The van der Waals surface area contributed by atoms with Crippen LogP contribution in [0.15, 0.2) is 22.7 Å². The normalized spacial score (nSPS) is 12.3. The maximum Gasteiger partial charge on any atom is 0.255 e. The quantitative estimate of drug-likeness (QED) is 0.933. The molecule has 0 aliphatic carbocycles. The summed E-state index contributed by atoms with van der Waals surface area (Å²) in [5.74, 6) is -0.115. The maximum atomic E-state index is 12.0. The fourth-order valence-corrected chi connectivity index (χ4v) is 1.97. The molecule has 5 heteroatoms. The van der Waals surface area contributed by atoms with E-state index in [1.165, 1.54) is 0 Å². The number of hydrogen-bond donors (Lipinski definition) is 1. The lowest BCUT2D eigenvalue weighted by Gasteiger charge is -2.24. The summed E-state index contributed by atoms with van der Waals surface area (Å²) in [6.45, 7) is 2.32. The molecule has 88 valence electrons. The second-order valence-electron chi connectivity index (χ2n) is 3.62. The highest BCUT2D eigenvalue weighted by atomic mass is 79.9. The van der Waals surface area contributed by atoms with Gasteiger partial charge in [-0.15, -0.1) is 0 Å². The molecule has 0 aliphatic heterocycles. The molecular weight excluding hydrogens is 291 g/mol. The van der Waals surface area contributed by atoms with Crippen LogP contribution in [-0.4, -0.2) is 30.4 Å². The van der Waals surface area contributed by atoms with Gasteiger partial charge in [-0.3, -0.25) is 4.79 Å². The molecule has 0 heterocycles. The van der Waals surface area contributed by atoms with Crippen LogP contribution in [0.4, 0.5) is 0 Å². The number of amides is 1. The van der Waals surface area contributed by atoms with Gasteiger partial charge in [0.15, 0.2) is 0 Å². The summed E-state index contributed by atoms with van der Waals surface area (Å²) in [6.07, 6.45) is 0. The van der Waals surface area contributed by atoms with Crippen LogP contribution in [0.3, 0.4) is 0 Å². The number of halogens is 2. The van der Waals surface area contributed by atoms with Gasteiger partial charge >= 0.3 is 0 Å². The molecule has 0 saturated carbocycles. The molecule has 1 atom stereocenters. The third-order valence-corrected chi connectivity index (χ3v) is 3.29. The van der Waals surface area contributed by atoms with Crippen molar-refractivity contribution in [1.29, 1.82) is 0 Å². The topological polar surface area (TPSA) is 46.3 Å². The van der Waals surface area contributed by atoms with E-state index in [2.05, 4.69) is 15.9 Å². The molecule has 1 aromatic carbocycles. The van der Waals surface area contributed by atoms with Gasteiger partial charge in [-0.1, -0.05) is 27.5 Å². The van der Waals surface area contributed by atoms with Crippen LogP contribution in [0.5, 0.6) is 0 Å². The molecule has 1 rings (SSSR count). The Kier molecular flexibility index (Phi) is 4.77. The molecule has 0 fully saturated rings. The van der Waals surface area contributed by atoms with E-state index in [-0.39, 0.29) is 11.9 Å². The van der Waals surface area contributed by atoms with Gasteiger partial charge in [0.05, 0.1) is 10.6 Å². The van der Waals surface area contributed by atoms with Crippen molar-refractivity contribution in [3.05, 3.63) is 33.3 Å². The molecule has 3 nitrogen and oxygen atoms in total.